The van der Waals surface area contributed by atoms with Gasteiger partial charge in [0.25, 0.3) is 5.91 Å². The predicted molar refractivity (Wildman–Crippen MR) is 78.4 cm³/mol. The first kappa shape index (κ1) is 16.1. The lowest BCUT2D eigenvalue weighted by atomic mass is 10.2. The fourth-order valence-corrected chi connectivity index (χ4v) is 1.49. The first-order chi connectivity index (χ1) is 9.47. The van der Waals surface area contributed by atoms with Gasteiger partial charge in [-0.3, -0.25) is 9.59 Å². The van der Waals surface area contributed by atoms with E-state index in [9.17, 15) is 9.59 Å². The molecule has 6 nitrogen and oxygen atoms in total. The number of hydrogen-bond acceptors (Lipinski definition) is 4. The minimum absolute atomic E-state index is 0.0785. The average Bonchev–Trinajstić information content (AvgIpc) is 2.40. The summed E-state index contributed by atoms with van der Waals surface area (Å²) in [5.74, 6) is -0.504. The molecule has 1 atom stereocenters. The molecule has 1 unspecified atom stereocenters. The highest BCUT2D eigenvalue weighted by atomic mass is 16.5. The van der Waals surface area contributed by atoms with Crippen LogP contribution in [-0.4, -0.2) is 31.6 Å². The van der Waals surface area contributed by atoms with Crippen LogP contribution in [0, 0.1) is 5.92 Å². The molecule has 4 N–H and O–H groups in total. The van der Waals surface area contributed by atoms with Crippen molar-refractivity contribution in [3.8, 4) is 0 Å². The van der Waals surface area contributed by atoms with E-state index >= 15 is 0 Å². The summed E-state index contributed by atoms with van der Waals surface area (Å²) in [6, 6.07) is 6.91. The van der Waals surface area contributed by atoms with Gasteiger partial charge in [-0.1, -0.05) is 19.9 Å². The molecular formula is C14H21N3O3. The van der Waals surface area contributed by atoms with Crippen LogP contribution in [0.4, 0.5) is 11.4 Å². The van der Waals surface area contributed by atoms with Crippen LogP contribution in [0.1, 0.15) is 13.8 Å². The zero-order valence-electron chi connectivity index (χ0n) is 12.0. The first-order valence-electron chi connectivity index (χ1n) is 6.42. The number of rotatable bonds is 6. The molecule has 0 aliphatic rings. The largest absolute Gasteiger partial charge is 0.370 e. The Balaban J connectivity index is 2.73. The van der Waals surface area contributed by atoms with Crippen molar-refractivity contribution in [1.82, 2.24) is 0 Å². The van der Waals surface area contributed by atoms with Crippen molar-refractivity contribution in [1.29, 1.82) is 0 Å². The van der Waals surface area contributed by atoms with Gasteiger partial charge in [-0.05, 0) is 18.2 Å². The van der Waals surface area contributed by atoms with Crippen LogP contribution in [0.25, 0.3) is 0 Å². The summed E-state index contributed by atoms with van der Waals surface area (Å²) in [6.45, 7) is 3.73. The number of carbonyl (C=O) groups excluding carboxylic acids is 2. The number of nitrogens with two attached hydrogens (primary N) is 1. The highest BCUT2D eigenvalue weighted by Gasteiger charge is 2.16. The molecular weight excluding hydrogens is 258 g/mol. The van der Waals surface area contributed by atoms with Crippen LogP contribution in [-0.2, 0) is 14.3 Å². The second-order valence-corrected chi connectivity index (χ2v) is 4.67. The predicted octanol–water partition coefficient (Wildman–Crippen LogP) is 1.19. The second kappa shape index (κ2) is 7.62. The maximum atomic E-state index is 11.8. The summed E-state index contributed by atoms with van der Waals surface area (Å²) in [5, 5.41) is 5.46. The van der Waals surface area contributed by atoms with Crippen molar-refractivity contribution in [2.75, 3.05) is 24.3 Å². The minimum atomic E-state index is -0.691. The SMILES string of the molecule is COC(CN)C(=O)Nc1cccc(NC(=O)C(C)C)c1. The minimum Gasteiger partial charge on any atom is -0.370 e. The smallest absolute Gasteiger partial charge is 0.254 e. The molecule has 0 fully saturated rings. The van der Waals surface area contributed by atoms with Crippen LogP contribution < -0.4 is 16.4 Å². The number of amides is 2. The summed E-state index contributed by atoms with van der Waals surface area (Å²) in [5.41, 5.74) is 6.63. The van der Waals surface area contributed by atoms with E-state index in [1.807, 2.05) is 13.8 Å². The molecule has 1 rings (SSSR count). The molecule has 1 aromatic carbocycles. The molecule has 0 aliphatic carbocycles. The number of nitrogens with one attached hydrogen (secondary N) is 2. The normalized spacial score (nSPS) is 12.1. The van der Waals surface area contributed by atoms with Gasteiger partial charge in [0.2, 0.25) is 5.91 Å². The molecule has 0 heterocycles. The van der Waals surface area contributed by atoms with Crippen molar-refractivity contribution >= 4 is 23.2 Å². The third kappa shape index (κ3) is 4.64. The van der Waals surface area contributed by atoms with Gasteiger partial charge in [0.05, 0.1) is 0 Å². The maximum absolute atomic E-state index is 11.8. The number of anilines is 2. The van der Waals surface area contributed by atoms with Crippen molar-refractivity contribution < 1.29 is 14.3 Å². The second-order valence-electron chi connectivity index (χ2n) is 4.67. The highest BCUT2D eigenvalue weighted by molar-refractivity contribution is 5.96. The molecule has 0 aromatic heterocycles. The quantitative estimate of drug-likeness (QED) is 0.729. The summed E-state index contributed by atoms with van der Waals surface area (Å²) in [4.78, 5) is 23.4. The Morgan fingerprint density at radius 3 is 2.20 bits per heavy atom. The summed E-state index contributed by atoms with van der Waals surface area (Å²) in [6.07, 6.45) is -0.691. The van der Waals surface area contributed by atoms with E-state index < -0.39 is 6.10 Å². The van der Waals surface area contributed by atoms with Crippen LogP contribution >= 0.6 is 0 Å². The number of methoxy groups -OCH3 is 1. The molecule has 0 saturated carbocycles. The fourth-order valence-electron chi connectivity index (χ4n) is 1.49. The van der Waals surface area contributed by atoms with Crippen molar-refractivity contribution in [3.63, 3.8) is 0 Å². The number of carbonyl (C=O) groups is 2. The Morgan fingerprint density at radius 2 is 1.75 bits per heavy atom. The van der Waals surface area contributed by atoms with Gasteiger partial charge in [0.1, 0.15) is 6.10 Å². The van der Waals surface area contributed by atoms with E-state index in [2.05, 4.69) is 10.6 Å². The van der Waals surface area contributed by atoms with Gasteiger partial charge < -0.3 is 21.1 Å². The van der Waals surface area contributed by atoms with E-state index in [1.165, 1.54) is 7.11 Å². The van der Waals surface area contributed by atoms with Crippen molar-refractivity contribution in [3.05, 3.63) is 24.3 Å². The molecule has 0 spiro atoms. The molecule has 110 valence electrons. The average molecular weight is 279 g/mol. The zero-order valence-corrected chi connectivity index (χ0v) is 12.0. The number of hydrogen-bond donors (Lipinski definition) is 3. The lowest BCUT2D eigenvalue weighted by Gasteiger charge is -2.14. The number of benzene rings is 1. The highest BCUT2D eigenvalue weighted by Crippen LogP contribution is 2.16. The topological polar surface area (TPSA) is 93.4 Å². The third-order valence-corrected chi connectivity index (χ3v) is 2.71. The van der Waals surface area contributed by atoms with E-state index in [0.717, 1.165) is 0 Å². The summed E-state index contributed by atoms with van der Waals surface area (Å²) >= 11 is 0. The fraction of sp³-hybridized carbons (Fsp3) is 0.429. The Labute approximate surface area is 118 Å². The lowest BCUT2D eigenvalue weighted by molar-refractivity contribution is -0.125. The molecule has 0 radical (unpaired) electrons. The van der Waals surface area contributed by atoms with Gasteiger partial charge in [0.15, 0.2) is 0 Å². The van der Waals surface area contributed by atoms with Crippen LogP contribution in [0.15, 0.2) is 24.3 Å². The number of ether oxygens (including phenoxy) is 1. The van der Waals surface area contributed by atoms with Crippen LogP contribution in [0.2, 0.25) is 0 Å². The van der Waals surface area contributed by atoms with E-state index in [1.54, 1.807) is 24.3 Å². The molecule has 6 heteroatoms. The van der Waals surface area contributed by atoms with Gasteiger partial charge >= 0.3 is 0 Å². The molecule has 0 bridgehead atoms. The van der Waals surface area contributed by atoms with Gasteiger partial charge in [-0.2, -0.15) is 0 Å². The van der Waals surface area contributed by atoms with Gasteiger partial charge in [0, 0.05) is 30.9 Å². The summed E-state index contributed by atoms with van der Waals surface area (Å²) < 4.78 is 4.95. The molecule has 0 saturated heterocycles. The van der Waals surface area contributed by atoms with Crippen molar-refractivity contribution in [2.45, 2.75) is 20.0 Å². The van der Waals surface area contributed by atoms with Gasteiger partial charge in [-0.25, -0.2) is 0 Å². The van der Waals surface area contributed by atoms with E-state index in [4.69, 9.17) is 10.5 Å². The zero-order chi connectivity index (χ0) is 15.1. The molecule has 0 aliphatic heterocycles. The molecule has 20 heavy (non-hydrogen) atoms. The Hall–Kier alpha value is -1.92. The standard InChI is InChI=1S/C14H21N3O3/c1-9(2)13(18)16-10-5-4-6-11(7-10)17-14(19)12(8-15)20-3/h4-7,9,12H,8,15H2,1-3H3,(H,16,18)(H,17,19). The first-order valence-corrected chi connectivity index (χ1v) is 6.42. The maximum Gasteiger partial charge on any atom is 0.254 e. The van der Waals surface area contributed by atoms with E-state index in [-0.39, 0.29) is 24.3 Å². The van der Waals surface area contributed by atoms with Crippen LogP contribution in [0.5, 0.6) is 0 Å². The monoisotopic (exact) mass is 279 g/mol. The molecule has 1 aromatic rings. The lowest BCUT2D eigenvalue weighted by Crippen LogP contribution is -2.35. The van der Waals surface area contributed by atoms with Crippen molar-refractivity contribution in [2.24, 2.45) is 11.7 Å². The Bertz CT molecular complexity index is 470. The summed E-state index contributed by atoms with van der Waals surface area (Å²) in [7, 11) is 1.43. The van der Waals surface area contributed by atoms with Gasteiger partial charge in [-0.15, -0.1) is 0 Å². The third-order valence-electron chi connectivity index (χ3n) is 2.71. The van der Waals surface area contributed by atoms with E-state index in [0.29, 0.717) is 11.4 Å². The Morgan fingerprint density at radius 1 is 1.20 bits per heavy atom. The molecule has 2 amide bonds. The Kier molecular flexibility index (Phi) is 6.14. The van der Waals surface area contributed by atoms with Crippen LogP contribution in [0.3, 0.4) is 0 Å².